The third kappa shape index (κ3) is 3.54. The SMILES string of the molecule is O=C(Cn1cnc2c(oc3ccccc32)c1=O)N1N=C2/C(=C/c3ccco3)CCCC2C1c1ccco1. The molecule has 1 aliphatic carbocycles. The molecule has 0 radical (unpaired) electrons. The van der Waals surface area contributed by atoms with Gasteiger partial charge in [-0.1, -0.05) is 12.1 Å². The molecule has 0 N–H and O–H groups in total. The van der Waals surface area contributed by atoms with Crippen LogP contribution >= 0.6 is 0 Å². The minimum atomic E-state index is -0.410. The molecule has 5 aromatic rings. The molecule has 9 heteroatoms. The molecule has 2 unspecified atom stereocenters. The highest BCUT2D eigenvalue weighted by Gasteiger charge is 2.45. The number of amides is 1. The van der Waals surface area contributed by atoms with Crippen LogP contribution in [0.2, 0.25) is 0 Å². The Bertz CT molecular complexity index is 1740. The van der Waals surface area contributed by atoms with Crippen molar-refractivity contribution in [3.05, 3.63) is 94.8 Å². The minimum absolute atomic E-state index is 0.0160. The Kier molecular flexibility index (Phi) is 4.95. The topological polar surface area (TPSA) is 107 Å². The molecular weight excluding hydrogens is 472 g/mol. The molecule has 9 nitrogen and oxygen atoms in total. The zero-order valence-electron chi connectivity index (χ0n) is 19.7. The Balaban J connectivity index is 1.26. The van der Waals surface area contributed by atoms with Gasteiger partial charge in [0.05, 0.1) is 24.6 Å². The second-order valence-corrected chi connectivity index (χ2v) is 9.32. The van der Waals surface area contributed by atoms with Gasteiger partial charge in [0, 0.05) is 11.3 Å². The van der Waals surface area contributed by atoms with E-state index < -0.39 is 11.6 Å². The van der Waals surface area contributed by atoms with Gasteiger partial charge in [0.25, 0.3) is 11.5 Å². The summed E-state index contributed by atoms with van der Waals surface area (Å²) in [7, 11) is 0. The average molecular weight is 495 g/mol. The van der Waals surface area contributed by atoms with Gasteiger partial charge < -0.3 is 13.3 Å². The third-order valence-electron chi connectivity index (χ3n) is 7.11. The van der Waals surface area contributed by atoms with Crippen LogP contribution in [0.25, 0.3) is 28.1 Å². The first-order valence-electron chi connectivity index (χ1n) is 12.2. The first kappa shape index (κ1) is 21.6. The highest BCUT2D eigenvalue weighted by atomic mass is 16.3. The highest BCUT2D eigenvalue weighted by molar-refractivity contribution is 6.08. The summed E-state index contributed by atoms with van der Waals surface area (Å²) in [6.07, 6.45) is 9.29. The van der Waals surface area contributed by atoms with Gasteiger partial charge in [0.1, 0.15) is 35.2 Å². The summed E-state index contributed by atoms with van der Waals surface area (Å²) >= 11 is 0. The summed E-state index contributed by atoms with van der Waals surface area (Å²) in [6, 6.07) is 14.4. The molecule has 1 fully saturated rings. The van der Waals surface area contributed by atoms with Crippen LogP contribution < -0.4 is 5.56 Å². The normalized spacial score (nSPS) is 20.6. The number of para-hydroxylation sites is 1. The number of carbonyl (C=O) groups excluding carboxylic acids is 1. The maximum absolute atomic E-state index is 13.7. The van der Waals surface area contributed by atoms with Crippen LogP contribution in [-0.4, -0.2) is 26.2 Å². The second kappa shape index (κ2) is 8.48. The Labute approximate surface area is 210 Å². The van der Waals surface area contributed by atoms with Gasteiger partial charge in [-0.25, -0.2) is 9.99 Å². The number of fused-ring (bicyclic) bond motifs is 4. The van der Waals surface area contributed by atoms with Gasteiger partial charge >= 0.3 is 0 Å². The zero-order valence-corrected chi connectivity index (χ0v) is 19.7. The Morgan fingerprint density at radius 1 is 1.08 bits per heavy atom. The van der Waals surface area contributed by atoms with Crippen molar-refractivity contribution in [2.45, 2.75) is 31.8 Å². The third-order valence-corrected chi connectivity index (χ3v) is 7.11. The Morgan fingerprint density at radius 2 is 1.95 bits per heavy atom. The number of nitrogens with zero attached hydrogens (tertiary/aromatic N) is 4. The van der Waals surface area contributed by atoms with Crippen LogP contribution in [0.15, 0.2) is 96.1 Å². The van der Waals surface area contributed by atoms with Crippen LogP contribution in [0.4, 0.5) is 0 Å². The van der Waals surface area contributed by atoms with E-state index >= 15 is 0 Å². The lowest BCUT2D eigenvalue weighted by atomic mass is 9.79. The molecule has 5 heterocycles. The molecule has 1 amide bonds. The van der Waals surface area contributed by atoms with Gasteiger partial charge in [0.2, 0.25) is 5.58 Å². The van der Waals surface area contributed by atoms with E-state index in [-0.39, 0.29) is 24.0 Å². The monoisotopic (exact) mass is 494 g/mol. The summed E-state index contributed by atoms with van der Waals surface area (Å²) in [5.41, 5.74) is 2.68. The lowest BCUT2D eigenvalue weighted by molar-refractivity contribution is -0.134. The predicted octanol–water partition coefficient (Wildman–Crippen LogP) is 5.15. The van der Waals surface area contributed by atoms with Gasteiger partial charge in [-0.15, -0.1) is 0 Å². The number of aromatic nitrogens is 2. The molecule has 0 bridgehead atoms. The fourth-order valence-corrected chi connectivity index (χ4v) is 5.44. The first-order valence-corrected chi connectivity index (χ1v) is 12.2. The van der Waals surface area contributed by atoms with Gasteiger partial charge in [-0.3, -0.25) is 14.2 Å². The number of carbonyl (C=O) groups is 1. The van der Waals surface area contributed by atoms with Crippen molar-refractivity contribution < 1.29 is 18.0 Å². The molecule has 2 atom stereocenters. The largest absolute Gasteiger partial charge is 0.467 e. The predicted molar refractivity (Wildman–Crippen MR) is 136 cm³/mol. The molecule has 0 spiro atoms. The van der Waals surface area contributed by atoms with E-state index in [0.717, 1.165) is 41.7 Å². The van der Waals surface area contributed by atoms with Crippen LogP contribution in [0.1, 0.15) is 36.8 Å². The number of hydrogen-bond acceptors (Lipinski definition) is 7. The van der Waals surface area contributed by atoms with Gasteiger partial charge in [-0.05, 0) is 67.3 Å². The van der Waals surface area contributed by atoms with Crippen molar-refractivity contribution in [1.82, 2.24) is 14.6 Å². The van der Waals surface area contributed by atoms with E-state index in [9.17, 15) is 9.59 Å². The molecule has 2 aliphatic rings. The lowest BCUT2D eigenvalue weighted by Crippen LogP contribution is -2.36. The molecule has 4 aromatic heterocycles. The van der Waals surface area contributed by atoms with Crippen molar-refractivity contribution in [3.63, 3.8) is 0 Å². The summed E-state index contributed by atoms with van der Waals surface area (Å²) in [5, 5.41) is 7.03. The fourth-order valence-electron chi connectivity index (χ4n) is 5.44. The van der Waals surface area contributed by atoms with E-state index in [4.69, 9.17) is 18.4 Å². The quantitative estimate of drug-likeness (QED) is 0.342. The molecule has 1 saturated carbocycles. The van der Waals surface area contributed by atoms with Crippen molar-refractivity contribution in [3.8, 4) is 0 Å². The van der Waals surface area contributed by atoms with Crippen molar-refractivity contribution in [1.29, 1.82) is 0 Å². The fraction of sp³-hybridized carbons (Fsp3) is 0.214. The van der Waals surface area contributed by atoms with E-state index in [0.29, 0.717) is 16.9 Å². The maximum Gasteiger partial charge on any atom is 0.297 e. The molecular formula is C28H22N4O5. The summed E-state index contributed by atoms with van der Waals surface area (Å²) in [6.45, 7) is -0.225. The molecule has 1 aliphatic heterocycles. The lowest BCUT2D eigenvalue weighted by Gasteiger charge is -2.27. The average Bonchev–Trinajstić information content (AvgIpc) is 3.71. The highest BCUT2D eigenvalue weighted by Crippen LogP contribution is 2.44. The molecule has 184 valence electrons. The Hall–Kier alpha value is -4.66. The summed E-state index contributed by atoms with van der Waals surface area (Å²) in [4.78, 5) is 31.3. The number of hydrazone groups is 1. The Morgan fingerprint density at radius 3 is 2.78 bits per heavy atom. The number of allylic oxidation sites excluding steroid dienone is 1. The van der Waals surface area contributed by atoms with Gasteiger partial charge in [0.15, 0.2) is 0 Å². The van der Waals surface area contributed by atoms with Crippen molar-refractivity contribution in [2.75, 3.05) is 0 Å². The van der Waals surface area contributed by atoms with E-state index in [1.54, 1.807) is 18.6 Å². The van der Waals surface area contributed by atoms with Crippen LogP contribution in [0.3, 0.4) is 0 Å². The summed E-state index contributed by atoms with van der Waals surface area (Å²) < 4.78 is 18.3. The van der Waals surface area contributed by atoms with Gasteiger partial charge in [-0.2, -0.15) is 5.10 Å². The maximum atomic E-state index is 13.7. The van der Waals surface area contributed by atoms with Crippen molar-refractivity contribution >= 4 is 39.8 Å². The van der Waals surface area contributed by atoms with E-state index in [2.05, 4.69) is 4.98 Å². The zero-order chi connectivity index (χ0) is 24.9. The first-order chi connectivity index (χ1) is 18.2. The standard InChI is InChI=1S/C28H22N4O5/c33-23(15-31-16-29-25-19-8-1-2-10-21(19)37-27(25)28(31)34)32-26(22-11-5-13-36-22)20-9-3-6-17(24(20)30-32)14-18-7-4-12-35-18/h1-2,4-5,7-8,10-14,16,20,26H,3,6,9,15H2/b17-14+. The van der Waals surface area contributed by atoms with E-state index in [1.165, 1.54) is 15.9 Å². The molecule has 7 rings (SSSR count). The number of rotatable bonds is 4. The van der Waals surface area contributed by atoms with Crippen LogP contribution in [-0.2, 0) is 11.3 Å². The van der Waals surface area contributed by atoms with Crippen LogP contribution in [0, 0.1) is 5.92 Å². The molecule has 1 aromatic carbocycles. The minimum Gasteiger partial charge on any atom is -0.467 e. The smallest absolute Gasteiger partial charge is 0.297 e. The number of furan rings is 3. The van der Waals surface area contributed by atoms with Crippen molar-refractivity contribution in [2.24, 2.45) is 11.0 Å². The molecule has 0 saturated heterocycles. The summed E-state index contributed by atoms with van der Waals surface area (Å²) in [5.74, 6) is 1.06. The second-order valence-electron chi connectivity index (χ2n) is 9.32. The number of hydrogen-bond donors (Lipinski definition) is 0. The molecule has 37 heavy (non-hydrogen) atoms. The number of benzene rings is 1. The van der Waals surface area contributed by atoms with Crippen LogP contribution in [0.5, 0.6) is 0 Å². The van der Waals surface area contributed by atoms with E-state index in [1.807, 2.05) is 48.5 Å².